The maximum atomic E-state index is 13.1. The van der Waals surface area contributed by atoms with Crippen LogP contribution in [0.2, 0.25) is 0 Å². The van der Waals surface area contributed by atoms with Crippen LogP contribution in [-0.2, 0) is 0 Å². The highest BCUT2D eigenvalue weighted by atomic mass is 79.9. The molecule has 0 bridgehead atoms. The largest absolute Gasteiger partial charge is 0.493 e. The van der Waals surface area contributed by atoms with Crippen LogP contribution in [0.1, 0.15) is 17.2 Å². The lowest BCUT2D eigenvalue weighted by molar-refractivity contribution is 0.218. The van der Waals surface area contributed by atoms with Crippen molar-refractivity contribution in [2.24, 2.45) is 0 Å². The van der Waals surface area contributed by atoms with Crippen LogP contribution < -0.4 is 9.47 Å². The number of hydrogen-bond acceptors (Lipinski definition) is 3. The van der Waals surface area contributed by atoms with Crippen LogP contribution in [0, 0.1) is 5.82 Å². The summed E-state index contributed by atoms with van der Waals surface area (Å²) in [5.41, 5.74) is 1.22. The molecule has 0 saturated carbocycles. The number of aliphatic hydroxyl groups is 1. The Hall–Kier alpha value is -1.59. The minimum absolute atomic E-state index is 0.361. The lowest BCUT2D eigenvalue weighted by Crippen LogP contribution is -2.02. The molecule has 1 atom stereocenters. The first-order valence-electron chi connectivity index (χ1n) is 5.91. The quantitative estimate of drug-likeness (QED) is 0.922. The molecule has 0 aliphatic heterocycles. The fraction of sp³-hybridized carbons (Fsp3) is 0.200. The highest BCUT2D eigenvalue weighted by Gasteiger charge is 2.16. The molecule has 0 amide bonds. The molecule has 2 aromatic rings. The van der Waals surface area contributed by atoms with E-state index in [9.17, 15) is 9.50 Å². The van der Waals surface area contributed by atoms with Crippen molar-refractivity contribution >= 4 is 15.9 Å². The fourth-order valence-corrected chi connectivity index (χ4v) is 2.49. The highest BCUT2D eigenvalue weighted by molar-refractivity contribution is 9.10. The van der Waals surface area contributed by atoms with E-state index in [1.165, 1.54) is 19.2 Å². The summed E-state index contributed by atoms with van der Waals surface area (Å²) in [7, 11) is 3.08. The van der Waals surface area contributed by atoms with Crippen LogP contribution >= 0.6 is 15.9 Å². The van der Waals surface area contributed by atoms with Gasteiger partial charge in [-0.25, -0.2) is 4.39 Å². The van der Waals surface area contributed by atoms with Crippen molar-refractivity contribution in [1.82, 2.24) is 0 Å². The molecule has 0 saturated heterocycles. The zero-order valence-electron chi connectivity index (χ0n) is 11.1. The van der Waals surface area contributed by atoms with Crippen molar-refractivity contribution in [1.29, 1.82) is 0 Å². The number of aliphatic hydroxyl groups excluding tert-OH is 1. The molecule has 0 heterocycles. The molecule has 20 heavy (non-hydrogen) atoms. The van der Waals surface area contributed by atoms with E-state index in [4.69, 9.17) is 9.47 Å². The Morgan fingerprint density at radius 2 is 1.75 bits per heavy atom. The van der Waals surface area contributed by atoms with Gasteiger partial charge < -0.3 is 14.6 Å². The van der Waals surface area contributed by atoms with Crippen molar-refractivity contribution in [3.05, 3.63) is 57.8 Å². The summed E-state index contributed by atoms with van der Waals surface area (Å²) in [4.78, 5) is 0. The van der Waals surface area contributed by atoms with Gasteiger partial charge in [-0.3, -0.25) is 0 Å². The van der Waals surface area contributed by atoms with Crippen molar-refractivity contribution < 1.29 is 19.0 Å². The lowest BCUT2D eigenvalue weighted by Gasteiger charge is -2.15. The molecule has 2 aromatic carbocycles. The van der Waals surface area contributed by atoms with Gasteiger partial charge in [-0.15, -0.1) is 0 Å². The second-order valence-electron chi connectivity index (χ2n) is 4.18. The smallest absolute Gasteiger partial charge is 0.161 e. The van der Waals surface area contributed by atoms with E-state index >= 15 is 0 Å². The molecule has 1 N–H and O–H groups in total. The zero-order chi connectivity index (χ0) is 14.7. The molecule has 5 heteroatoms. The predicted octanol–water partition coefficient (Wildman–Crippen LogP) is 3.69. The van der Waals surface area contributed by atoms with Crippen LogP contribution in [0.5, 0.6) is 11.5 Å². The number of rotatable bonds is 4. The molecule has 1 unspecified atom stereocenters. The molecule has 106 valence electrons. The second kappa shape index (κ2) is 6.24. The average Bonchev–Trinajstić information content (AvgIpc) is 2.45. The lowest BCUT2D eigenvalue weighted by atomic mass is 10.0. The third-order valence-corrected chi connectivity index (χ3v) is 3.67. The van der Waals surface area contributed by atoms with E-state index in [0.717, 1.165) is 0 Å². The molecule has 2 rings (SSSR count). The first kappa shape index (κ1) is 14.8. The molecule has 0 fully saturated rings. The van der Waals surface area contributed by atoms with Gasteiger partial charge in [-0.2, -0.15) is 0 Å². The van der Waals surface area contributed by atoms with Gasteiger partial charge >= 0.3 is 0 Å². The molecule has 0 aliphatic rings. The Kier molecular flexibility index (Phi) is 4.62. The summed E-state index contributed by atoms with van der Waals surface area (Å²) in [5.74, 6) is 0.754. The Balaban J connectivity index is 2.40. The number of methoxy groups -OCH3 is 2. The Labute approximate surface area is 125 Å². The molecule has 0 aromatic heterocycles. The fourth-order valence-electron chi connectivity index (χ4n) is 1.93. The average molecular weight is 341 g/mol. The maximum Gasteiger partial charge on any atom is 0.161 e. The van der Waals surface area contributed by atoms with Gasteiger partial charge in [0, 0.05) is 4.47 Å². The molecular weight excluding hydrogens is 327 g/mol. The van der Waals surface area contributed by atoms with E-state index in [0.29, 0.717) is 27.1 Å². The van der Waals surface area contributed by atoms with E-state index in [1.807, 2.05) is 0 Å². The van der Waals surface area contributed by atoms with E-state index < -0.39 is 6.10 Å². The van der Waals surface area contributed by atoms with Gasteiger partial charge in [0.05, 0.1) is 14.2 Å². The third kappa shape index (κ3) is 2.94. The first-order valence-corrected chi connectivity index (χ1v) is 6.71. The minimum Gasteiger partial charge on any atom is -0.493 e. The molecule has 0 radical (unpaired) electrons. The Morgan fingerprint density at radius 1 is 1.05 bits per heavy atom. The van der Waals surface area contributed by atoms with E-state index in [2.05, 4.69) is 15.9 Å². The standard InChI is InChI=1S/C15H14BrFO3/c1-19-13-6-3-9(7-14(13)20-2)15(18)11-5-4-10(17)8-12(11)16/h3-8,15,18H,1-2H3. The maximum absolute atomic E-state index is 13.1. The minimum atomic E-state index is -0.884. The summed E-state index contributed by atoms with van der Waals surface area (Å²) >= 11 is 3.25. The number of benzene rings is 2. The predicted molar refractivity (Wildman–Crippen MR) is 77.7 cm³/mol. The number of hydrogen-bond donors (Lipinski definition) is 1. The van der Waals surface area contributed by atoms with Crippen molar-refractivity contribution in [2.75, 3.05) is 14.2 Å². The summed E-state index contributed by atoms with van der Waals surface area (Å²) in [5, 5.41) is 10.4. The normalized spacial score (nSPS) is 12.1. The van der Waals surface area contributed by atoms with Crippen LogP contribution in [-0.4, -0.2) is 19.3 Å². The summed E-state index contributed by atoms with van der Waals surface area (Å²) in [6.45, 7) is 0. The summed E-state index contributed by atoms with van der Waals surface area (Å²) < 4.78 is 24.0. The van der Waals surface area contributed by atoms with Gasteiger partial charge in [0.2, 0.25) is 0 Å². The van der Waals surface area contributed by atoms with Crippen LogP contribution in [0.15, 0.2) is 40.9 Å². The third-order valence-electron chi connectivity index (χ3n) is 2.98. The second-order valence-corrected chi connectivity index (χ2v) is 5.04. The highest BCUT2D eigenvalue weighted by Crippen LogP contribution is 2.34. The SMILES string of the molecule is COc1ccc(C(O)c2ccc(F)cc2Br)cc1OC. The number of ether oxygens (including phenoxy) is 2. The van der Waals surface area contributed by atoms with Gasteiger partial charge in [0.25, 0.3) is 0 Å². The van der Waals surface area contributed by atoms with Crippen molar-refractivity contribution in [2.45, 2.75) is 6.10 Å². The van der Waals surface area contributed by atoms with Crippen LogP contribution in [0.3, 0.4) is 0 Å². The zero-order valence-corrected chi connectivity index (χ0v) is 12.6. The first-order chi connectivity index (χ1) is 9.56. The molecule has 0 aliphatic carbocycles. The van der Waals surface area contributed by atoms with Crippen molar-refractivity contribution in [3.63, 3.8) is 0 Å². The summed E-state index contributed by atoms with van der Waals surface area (Å²) in [6.07, 6.45) is -0.884. The van der Waals surface area contributed by atoms with E-state index in [-0.39, 0.29) is 5.82 Å². The monoisotopic (exact) mass is 340 g/mol. The van der Waals surface area contributed by atoms with Gasteiger partial charge in [0.1, 0.15) is 11.9 Å². The van der Waals surface area contributed by atoms with Gasteiger partial charge in [0.15, 0.2) is 11.5 Å². The summed E-state index contributed by atoms with van der Waals surface area (Å²) in [6, 6.07) is 9.32. The topological polar surface area (TPSA) is 38.7 Å². The van der Waals surface area contributed by atoms with Crippen LogP contribution in [0.4, 0.5) is 4.39 Å². The van der Waals surface area contributed by atoms with Gasteiger partial charge in [-0.05, 0) is 35.4 Å². The molecular formula is C15H14BrFO3. The molecule has 3 nitrogen and oxygen atoms in total. The van der Waals surface area contributed by atoms with E-state index in [1.54, 1.807) is 31.4 Å². The Morgan fingerprint density at radius 3 is 2.35 bits per heavy atom. The Bertz CT molecular complexity index is 616. The van der Waals surface area contributed by atoms with Crippen LogP contribution in [0.25, 0.3) is 0 Å². The van der Waals surface area contributed by atoms with Crippen molar-refractivity contribution in [3.8, 4) is 11.5 Å². The number of halogens is 2. The molecule has 0 spiro atoms. The van der Waals surface area contributed by atoms with Gasteiger partial charge in [-0.1, -0.05) is 28.1 Å².